The second-order valence-electron chi connectivity index (χ2n) is 8.56. The molecule has 0 aliphatic rings. The number of aromatic nitrogens is 1. The number of nitrogens with zero attached hydrogens (tertiary/aromatic N) is 2. The summed E-state index contributed by atoms with van der Waals surface area (Å²) in [6.07, 6.45) is 1.44. The van der Waals surface area contributed by atoms with Crippen LogP contribution < -0.4 is 0 Å². The summed E-state index contributed by atoms with van der Waals surface area (Å²) < 4.78 is 21.2. The van der Waals surface area contributed by atoms with E-state index in [4.69, 9.17) is 4.74 Å². The second-order valence-corrected chi connectivity index (χ2v) is 8.56. The average molecular weight is 459 g/mol. The van der Waals surface area contributed by atoms with Crippen LogP contribution in [0.3, 0.4) is 0 Å². The van der Waals surface area contributed by atoms with Gasteiger partial charge in [0.1, 0.15) is 5.82 Å². The third-order valence-electron chi connectivity index (χ3n) is 5.72. The van der Waals surface area contributed by atoms with Crippen LogP contribution in [0, 0.1) is 5.82 Å². The molecule has 176 valence electrons. The Morgan fingerprint density at radius 2 is 1.44 bits per heavy atom. The van der Waals surface area contributed by atoms with Crippen LogP contribution in [-0.2, 0) is 31.0 Å². The molecule has 3 aromatic carbocycles. The molecule has 0 aliphatic heterocycles. The highest BCUT2D eigenvalue weighted by atomic mass is 19.1. The van der Waals surface area contributed by atoms with Crippen LogP contribution in [0.5, 0.6) is 0 Å². The van der Waals surface area contributed by atoms with Gasteiger partial charge in [-0.05, 0) is 41.0 Å². The maximum atomic E-state index is 13.3. The van der Waals surface area contributed by atoms with E-state index in [0.717, 1.165) is 23.4 Å². The Bertz CT molecular complexity index is 1110. The summed E-state index contributed by atoms with van der Waals surface area (Å²) >= 11 is 0. The molecule has 4 nitrogen and oxygen atoms in total. The van der Waals surface area contributed by atoms with Gasteiger partial charge in [0, 0.05) is 38.1 Å². The van der Waals surface area contributed by atoms with Gasteiger partial charge >= 0.3 is 0 Å². The largest absolute Gasteiger partial charge is 0.389 e. The van der Waals surface area contributed by atoms with Crippen molar-refractivity contribution in [3.63, 3.8) is 0 Å². The first kappa shape index (κ1) is 23.9. The molecule has 0 spiro atoms. The Balaban J connectivity index is 1.39. The van der Waals surface area contributed by atoms with Crippen LogP contribution in [0.15, 0.2) is 103 Å². The average Bonchev–Trinajstić information content (AvgIpc) is 3.28. The van der Waals surface area contributed by atoms with Gasteiger partial charge in [0.25, 0.3) is 0 Å². The minimum absolute atomic E-state index is 0.228. The molecule has 1 heterocycles. The van der Waals surface area contributed by atoms with Crippen molar-refractivity contribution in [3.05, 3.63) is 131 Å². The highest BCUT2D eigenvalue weighted by Crippen LogP contribution is 2.14. The van der Waals surface area contributed by atoms with E-state index in [1.165, 1.54) is 17.7 Å². The van der Waals surface area contributed by atoms with E-state index in [-0.39, 0.29) is 12.4 Å². The van der Waals surface area contributed by atoms with Crippen molar-refractivity contribution in [1.82, 2.24) is 9.47 Å². The van der Waals surface area contributed by atoms with Gasteiger partial charge in [-0.2, -0.15) is 0 Å². The second kappa shape index (κ2) is 12.3. The zero-order chi connectivity index (χ0) is 23.6. The molecular formula is C29H31FN2O2. The van der Waals surface area contributed by atoms with Gasteiger partial charge in [0.05, 0.1) is 19.3 Å². The van der Waals surface area contributed by atoms with Crippen LogP contribution in [0.2, 0.25) is 0 Å². The highest BCUT2D eigenvalue weighted by molar-refractivity contribution is 5.19. The first-order valence-corrected chi connectivity index (χ1v) is 11.6. The van der Waals surface area contributed by atoms with Crippen LogP contribution in [-0.4, -0.2) is 33.8 Å². The first-order chi connectivity index (χ1) is 16.7. The van der Waals surface area contributed by atoms with E-state index in [9.17, 15) is 9.50 Å². The van der Waals surface area contributed by atoms with Crippen molar-refractivity contribution < 1.29 is 14.2 Å². The van der Waals surface area contributed by atoms with E-state index in [1.54, 1.807) is 0 Å². The third kappa shape index (κ3) is 7.39. The lowest BCUT2D eigenvalue weighted by Crippen LogP contribution is -2.34. The predicted octanol–water partition coefficient (Wildman–Crippen LogP) is 5.26. The van der Waals surface area contributed by atoms with E-state index in [1.807, 2.05) is 72.9 Å². The maximum absolute atomic E-state index is 13.3. The summed E-state index contributed by atoms with van der Waals surface area (Å²) in [7, 11) is 0. The quantitative estimate of drug-likeness (QED) is 0.315. The summed E-state index contributed by atoms with van der Waals surface area (Å²) in [5.41, 5.74) is 4.46. The van der Waals surface area contributed by atoms with Gasteiger partial charge in [-0.3, -0.25) is 4.90 Å². The van der Waals surface area contributed by atoms with Crippen molar-refractivity contribution in [1.29, 1.82) is 0 Å². The van der Waals surface area contributed by atoms with E-state index >= 15 is 0 Å². The molecule has 1 N–H and O–H groups in total. The fraction of sp³-hybridized carbons (Fsp3) is 0.241. The van der Waals surface area contributed by atoms with Crippen molar-refractivity contribution >= 4 is 0 Å². The van der Waals surface area contributed by atoms with E-state index < -0.39 is 6.10 Å². The summed E-state index contributed by atoms with van der Waals surface area (Å²) in [5, 5.41) is 10.7. The Labute approximate surface area is 200 Å². The lowest BCUT2D eigenvalue weighted by molar-refractivity contribution is 0.00679. The van der Waals surface area contributed by atoms with Crippen LogP contribution in [0.25, 0.3) is 0 Å². The maximum Gasteiger partial charge on any atom is 0.123 e. The third-order valence-corrected chi connectivity index (χ3v) is 5.72. The molecule has 4 aromatic rings. The summed E-state index contributed by atoms with van der Waals surface area (Å²) in [4.78, 5) is 2.24. The zero-order valence-electron chi connectivity index (χ0n) is 19.3. The Morgan fingerprint density at radius 1 is 0.765 bits per heavy atom. The molecule has 0 radical (unpaired) electrons. The van der Waals surface area contributed by atoms with Crippen molar-refractivity contribution in [2.75, 3.05) is 13.2 Å². The smallest absolute Gasteiger partial charge is 0.123 e. The first-order valence-electron chi connectivity index (χ1n) is 11.6. The normalized spacial score (nSPS) is 12.2. The number of hydrogen-bond donors (Lipinski definition) is 1. The molecule has 1 unspecified atom stereocenters. The Morgan fingerprint density at radius 3 is 2.15 bits per heavy atom. The SMILES string of the molecule is OC(COCc1ccccc1)CN(Cc1ccccc1)Cc1cccn1Cc1ccc(F)cc1. The number of benzene rings is 3. The van der Waals surface area contributed by atoms with Crippen molar-refractivity contribution in [2.45, 2.75) is 32.3 Å². The summed E-state index contributed by atoms with van der Waals surface area (Å²) in [6.45, 7) is 3.32. The summed E-state index contributed by atoms with van der Waals surface area (Å²) in [6, 6.07) is 31.0. The van der Waals surface area contributed by atoms with Gasteiger partial charge in [0.2, 0.25) is 0 Å². The van der Waals surface area contributed by atoms with Crippen LogP contribution >= 0.6 is 0 Å². The fourth-order valence-corrected chi connectivity index (χ4v) is 4.03. The Hall–Kier alpha value is -3.25. The van der Waals surface area contributed by atoms with E-state index in [0.29, 0.717) is 26.2 Å². The van der Waals surface area contributed by atoms with E-state index in [2.05, 4.69) is 27.7 Å². The van der Waals surface area contributed by atoms with Crippen LogP contribution in [0.4, 0.5) is 4.39 Å². The number of hydrogen-bond acceptors (Lipinski definition) is 3. The number of rotatable bonds is 12. The molecule has 0 amide bonds. The van der Waals surface area contributed by atoms with Crippen molar-refractivity contribution in [3.8, 4) is 0 Å². The molecule has 0 saturated heterocycles. The van der Waals surface area contributed by atoms with Crippen molar-refractivity contribution in [2.24, 2.45) is 0 Å². The fourth-order valence-electron chi connectivity index (χ4n) is 4.03. The van der Waals surface area contributed by atoms with Gasteiger partial charge in [0.15, 0.2) is 0 Å². The number of halogens is 1. The van der Waals surface area contributed by atoms with Gasteiger partial charge in [-0.15, -0.1) is 0 Å². The highest BCUT2D eigenvalue weighted by Gasteiger charge is 2.15. The molecule has 1 aromatic heterocycles. The standard InChI is InChI=1S/C29H31FN2O2/c30-27-15-13-25(14-16-27)19-32-17-7-12-28(32)20-31(18-24-8-3-1-4-9-24)21-29(33)23-34-22-26-10-5-2-6-11-26/h1-17,29,33H,18-23H2. The van der Waals surface area contributed by atoms with Gasteiger partial charge < -0.3 is 14.4 Å². The number of aliphatic hydroxyl groups excluding tert-OH is 1. The number of ether oxygens (including phenoxy) is 1. The van der Waals surface area contributed by atoms with Gasteiger partial charge in [-0.1, -0.05) is 72.8 Å². The molecule has 5 heteroatoms. The predicted molar refractivity (Wildman–Crippen MR) is 133 cm³/mol. The molecule has 0 bridgehead atoms. The molecule has 34 heavy (non-hydrogen) atoms. The molecule has 0 saturated carbocycles. The molecule has 0 aliphatic carbocycles. The van der Waals surface area contributed by atoms with Gasteiger partial charge in [-0.25, -0.2) is 4.39 Å². The lowest BCUT2D eigenvalue weighted by atomic mass is 10.2. The molecule has 0 fully saturated rings. The van der Waals surface area contributed by atoms with Crippen LogP contribution in [0.1, 0.15) is 22.4 Å². The molecule has 1 atom stereocenters. The molecule has 4 rings (SSSR count). The molecular weight excluding hydrogens is 427 g/mol. The Kier molecular flexibility index (Phi) is 8.63. The minimum Gasteiger partial charge on any atom is -0.389 e. The number of aliphatic hydroxyl groups is 1. The lowest BCUT2D eigenvalue weighted by Gasteiger charge is -2.26. The monoisotopic (exact) mass is 458 g/mol. The zero-order valence-corrected chi connectivity index (χ0v) is 19.3. The minimum atomic E-state index is -0.604. The topological polar surface area (TPSA) is 37.6 Å². The summed E-state index contributed by atoms with van der Waals surface area (Å²) in [5.74, 6) is -0.228.